The molecule has 3 heteroatoms. The molecule has 0 aliphatic carbocycles. The van der Waals surface area contributed by atoms with Gasteiger partial charge in [-0.05, 0) is 33.4 Å². The van der Waals surface area contributed by atoms with Gasteiger partial charge in [0.2, 0.25) is 0 Å². The summed E-state index contributed by atoms with van der Waals surface area (Å²) in [5, 5.41) is 0. The molecule has 0 aromatic carbocycles. The summed E-state index contributed by atoms with van der Waals surface area (Å²) in [5.41, 5.74) is 5.49. The molecule has 0 saturated carbocycles. The van der Waals surface area contributed by atoms with Gasteiger partial charge in [0.1, 0.15) is 0 Å². The summed E-state index contributed by atoms with van der Waals surface area (Å²) in [6.45, 7) is 3.94. The fraction of sp³-hybridized carbons (Fsp3) is 0.889. The lowest BCUT2D eigenvalue weighted by Crippen LogP contribution is -2.38. The Morgan fingerprint density at radius 3 is 2.92 bits per heavy atom. The molecule has 1 saturated heterocycles. The second-order valence-corrected chi connectivity index (χ2v) is 3.61. The number of likely N-dealkylation sites (N-methyl/N-ethyl adjacent to an activating group) is 1. The maximum absolute atomic E-state index is 5.49. The van der Waals surface area contributed by atoms with Gasteiger partial charge in [0.05, 0.1) is 12.4 Å². The predicted molar refractivity (Wildman–Crippen MR) is 52.4 cm³/mol. The van der Waals surface area contributed by atoms with E-state index in [9.17, 15) is 0 Å². The minimum absolute atomic E-state index is 0.622. The van der Waals surface area contributed by atoms with Crippen molar-refractivity contribution in [3.05, 3.63) is 0 Å². The molecule has 0 amide bonds. The Hall–Kier alpha value is -0.570. The highest BCUT2D eigenvalue weighted by Gasteiger charge is 2.17. The van der Waals surface area contributed by atoms with Gasteiger partial charge in [-0.1, -0.05) is 6.42 Å². The van der Waals surface area contributed by atoms with Crippen LogP contribution in [0.5, 0.6) is 0 Å². The fourth-order valence-corrected chi connectivity index (χ4v) is 1.62. The number of nitrogens with zero attached hydrogens (tertiary/aromatic N) is 2. The number of likely N-dealkylation sites (tertiary alicyclic amines) is 1. The fourth-order valence-electron chi connectivity index (χ4n) is 1.62. The number of aliphatic imine (C=N–C) groups is 1. The van der Waals surface area contributed by atoms with Crippen LogP contribution in [0.25, 0.3) is 0 Å². The Bertz CT molecular complexity index is 161. The normalized spacial score (nSPS) is 27.5. The summed E-state index contributed by atoms with van der Waals surface area (Å²) >= 11 is 0. The second-order valence-electron chi connectivity index (χ2n) is 3.61. The number of hydrogen-bond donors (Lipinski definition) is 1. The molecule has 1 atom stereocenters. The molecule has 12 heavy (non-hydrogen) atoms. The summed E-state index contributed by atoms with van der Waals surface area (Å²) in [4.78, 5) is 6.64. The van der Waals surface area contributed by atoms with E-state index in [1.807, 2.05) is 6.92 Å². The molecule has 0 aromatic rings. The number of hydrogen-bond acceptors (Lipinski definition) is 2. The van der Waals surface area contributed by atoms with Crippen molar-refractivity contribution in [3.63, 3.8) is 0 Å². The highest BCUT2D eigenvalue weighted by Crippen LogP contribution is 2.14. The zero-order chi connectivity index (χ0) is 8.97. The molecule has 3 nitrogen and oxygen atoms in total. The third kappa shape index (κ3) is 2.81. The highest BCUT2D eigenvalue weighted by atomic mass is 15.1. The zero-order valence-electron chi connectivity index (χ0n) is 8.08. The maximum atomic E-state index is 5.49. The van der Waals surface area contributed by atoms with Crippen molar-refractivity contribution in [2.45, 2.75) is 32.2 Å². The Morgan fingerprint density at radius 2 is 2.33 bits per heavy atom. The molecule has 0 spiro atoms. The Morgan fingerprint density at radius 1 is 1.58 bits per heavy atom. The molecule has 1 fully saturated rings. The van der Waals surface area contributed by atoms with E-state index in [0.29, 0.717) is 11.9 Å². The molecule has 0 radical (unpaired) electrons. The van der Waals surface area contributed by atoms with Gasteiger partial charge >= 0.3 is 0 Å². The molecule has 1 aliphatic rings. The first-order valence-electron chi connectivity index (χ1n) is 4.67. The van der Waals surface area contributed by atoms with Gasteiger partial charge in [0.25, 0.3) is 0 Å². The molecule has 0 bridgehead atoms. The van der Waals surface area contributed by atoms with Crippen molar-refractivity contribution in [1.82, 2.24) is 4.90 Å². The molecule has 0 aromatic heterocycles. The molecule has 70 valence electrons. The molecule has 1 aliphatic heterocycles. The van der Waals surface area contributed by atoms with Gasteiger partial charge < -0.3 is 10.6 Å². The third-order valence-corrected chi connectivity index (χ3v) is 2.47. The van der Waals surface area contributed by atoms with Crippen LogP contribution in [-0.2, 0) is 0 Å². The van der Waals surface area contributed by atoms with E-state index in [-0.39, 0.29) is 0 Å². The van der Waals surface area contributed by atoms with Gasteiger partial charge in [0, 0.05) is 6.04 Å². The average Bonchev–Trinajstić information content (AvgIpc) is 2.03. The van der Waals surface area contributed by atoms with E-state index in [4.69, 9.17) is 5.73 Å². The van der Waals surface area contributed by atoms with Crippen LogP contribution in [0.2, 0.25) is 0 Å². The van der Waals surface area contributed by atoms with E-state index < -0.39 is 0 Å². The van der Waals surface area contributed by atoms with E-state index in [1.165, 1.54) is 25.8 Å². The summed E-state index contributed by atoms with van der Waals surface area (Å²) in [5.74, 6) is 0.703. The van der Waals surface area contributed by atoms with Crippen LogP contribution in [0, 0.1) is 0 Å². The van der Waals surface area contributed by atoms with Gasteiger partial charge in [-0.2, -0.15) is 0 Å². The van der Waals surface area contributed by atoms with Crippen molar-refractivity contribution in [2.24, 2.45) is 10.7 Å². The van der Waals surface area contributed by atoms with Crippen LogP contribution in [0.15, 0.2) is 4.99 Å². The Labute approximate surface area is 74.6 Å². The number of amidine groups is 1. The van der Waals surface area contributed by atoms with Crippen LogP contribution >= 0.6 is 0 Å². The number of nitrogens with two attached hydrogens (primary N) is 1. The maximum Gasteiger partial charge on any atom is 0.0906 e. The largest absolute Gasteiger partial charge is 0.388 e. The van der Waals surface area contributed by atoms with Crippen molar-refractivity contribution in [3.8, 4) is 0 Å². The minimum atomic E-state index is 0.622. The summed E-state index contributed by atoms with van der Waals surface area (Å²) in [6, 6.07) is 0.622. The van der Waals surface area contributed by atoms with Crippen LogP contribution in [0.3, 0.4) is 0 Å². The number of piperidine rings is 1. The lowest BCUT2D eigenvalue weighted by atomic mass is 10.0. The van der Waals surface area contributed by atoms with Crippen LogP contribution in [0.1, 0.15) is 26.2 Å². The monoisotopic (exact) mass is 169 g/mol. The summed E-state index contributed by atoms with van der Waals surface area (Å²) in [7, 11) is 2.17. The quantitative estimate of drug-likeness (QED) is 0.492. The van der Waals surface area contributed by atoms with Gasteiger partial charge in [-0.3, -0.25) is 4.99 Å². The number of rotatable bonds is 2. The van der Waals surface area contributed by atoms with Crippen molar-refractivity contribution in [2.75, 3.05) is 20.1 Å². The van der Waals surface area contributed by atoms with Gasteiger partial charge in [-0.15, -0.1) is 0 Å². The molecule has 1 unspecified atom stereocenters. The topological polar surface area (TPSA) is 41.6 Å². The van der Waals surface area contributed by atoms with E-state index in [2.05, 4.69) is 16.9 Å². The molecular formula is C9H19N3. The standard InChI is InChI=1S/C9H19N3/c1-8(10)11-7-9-5-3-4-6-12(9)2/h9H,3-7H2,1-2H3,(H2,10,11). The molecule has 1 rings (SSSR count). The first kappa shape index (κ1) is 9.52. The van der Waals surface area contributed by atoms with E-state index in [1.54, 1.807) is 0 Å². The van der Waals surface area contributed by atoms with E-state index in [0.717, 1.165) is 6.54 Å². The van der Waals surface area contributed by atoms with Crippen molar-refractivity contribution >= 4 is 5.84 Å². The zero-order valence-corrected chi connectivity index (χ0v) is 8.08. The second kappa shape index (κ2) is 4.45. The Balaban J connectivity index is 2.34. The SMILES string of the molecule is CC(N)=NCC1CCCCN1C. The lowest BCUT2D eigenvalue weighted by molar-refractivity contribution is 0.191. The first-order valence-corrected chi connectivity index (χ1v) is 4.67. The van der Waals surface area contributed by atoms with Crippen LogP contribution in [-0.4, -0.2) is 36.9 Å². The van der Waals surface area contributed by atoms with Crippen molar-refractivity contribution in [1.29, 1.82) is 0 Å². The molecular weight excluding hydrogens is 150 g/mol. The molecule has 2 N–H and O–H groups in total. The average molecular weight is 169 g/mol. The smallest absolute Gasteiger partial charge is 0.0906 e. The molecule has 1 heterocycles. The highest BCUT2D eigenvalue weighted by molar-refractivity contribution is 5.77. The first-order chi connectivity index (χ1) is 5.70. The van der Waals surface area contributed by atoms with Crippen LogP contribution < -0.4 is 5.73 Å². The summed E-state index contributed by atoms with van der Waals surface area (Å²) in [6.07, 6.45) is 3.94. The van der Waals surface area contributed by atoms with Gasteiger partial charge in [0.15, 0.2) is 0 Å². The lowest BCUT2D eigenvalue weighted by Gasteiger charge is -2.31. The van der Waals surface area contributed by atoms with Crippen molar-refractivity contribution < 1.29 is 0 Å². The minimum Gasteiger partial charge on any atom is -0.388 e. The van der Waals surface area contributed by atoms with E-state index >= 15 is 0 Å². The van der Waals surface area contributed by atoms with Crippen LogP contribution in [0.4, 0.5) is 0 Å². The predicted octanol–water partition coefficient (Wildman–Crippen LogP) is 0.848. The van der Waals surface area contributed by atoms with Gasteiger partial charge in [-0.25, -0.2) is 0 Å². The third-order valence-electron chi connectivity index (χ3n) is 2.47. The summed E-state index contributed by atoms with van der Waals surface area (Å²) < 4.78 is 0. The Kier molecular flexibility index (Phi) is 3.53.